The Labute approximate surface area is 134 Å². The van der Waals surface area contributed by atoms with Crippen molar-refractivity contribution >= 4 is 27.3 Å². The third-order valence-electron chi connectivity index (χ3n) is 4.22. The molecule has 1 amide bonds. The number of rotatable bonds is 4. The largest absolute Gasteiger partial charge is 0.299 e. The van der Waals surface area contributed by atoms with E-state index in [1.165, 1.54) is 21.7 Å². The number of allylic oxidation sites excluding steroid dienone is 1. The Morgan fingerprint density at radius 2 is 2.14 bits per heavy atom. The fraction of sp³-hybridized carbons (Fsp3) is 0.353. The first-order valence-corrected chi connectivity index (χ1v) is 8.44. The van der Waals surface area contributed by atoms with Gasteiger partial charge in [0.05, 0.1) is 0 Å². The van der Waals surface area contributed by atoms with Gasteiger partial charge in [-0.2, -0.15) is 0 Å². The number of nitrogens with zero attached hydrogens (tertiary/aromatic N) is 1. The number of likely N-dealkylation sites (tertiary alicyclic amines) is 1. The van der Waals surface area contributed by atoms with Crippen LogP contribution >= 0.6 is 11.3 Å². The molecular formula is C17H20N2O2S. The van der Waals surface area contributed by atoms with Gasteiger partial charge in [0.15, 0.2) is 0 Å². The van der Waals surface area contributed by atoms with Crippen LogP contribution in [0, 0.1) is 5.92 Å². The molecule has 0 spiro atoms. The third-order valence-corrected chi connectivity index (χ3v) is 5.23. The lowest BCUT2D eigenvalue weighted by atomic mass is 9.96. The van der Waals surface area contributed by atoms with E-state index in [2.05, 4.69) is 34.5 Å². The lowest BCUT2D eigenvalue weighted by Gasteiger charge is -2.30. The first-order chi connectivity index (χ1) is 10.8. The molecule has 1 aromatic carbocycles. The number of hydroxylamine groups is 1. The highest BCUT2D eigenvalue weighted by Crippen LogP contribution is 2.28. The van der Waals surface area contributed by atoms with Gasteiger partial charge in [0, 0.05) is 17.3 Å². The molecule has 0 unspecified atom stereocenters. The highest BCUT2D eigenvalue weighted by molar-refractivity contribution is 7.17. The van der Waals surface area contributed by atoms with Crippen molar-refractivity contribution in [3.63, 3.8) is 0 Å². The maximum absolute atomic E-state index is 11.0. The summed E-state index contributed by atoms with van der Waals surface area (Å²) in [5.41, 5.74) is 3.04. The van der Waals surface area contributed by atoms with Crippen LogP contribution in [-0.4, -0.2) is 29.1 Å². The molecule has 1 fully saturated rings. The minimum Gasteiger partial charge on any atom is -0.299 e. The van der Waals surface area contributed by atoms with E-state index >= 15 is 0 Å². The van der Waals surface area contributed by atoms with Crippen LogP contribution in [0.5, 0.6) is 0 Å². The lowest BCUT2D eigenvalue weighted by molar-refractivity contribution is -0.124. The average Bonchev–Trinajstić information content (AvgIpc) is 2.97. The quantitative estimate of drug-likeness (QED) is 0.517. The normalized spacial score (nSPS) is 17.3. The number of benzene rings is 1. The Morgan fingerprint density at radius 1 is 1.36 bits per heavy atom. The van der Waals surface area contributed by atoms with Crippen LogP contribution < -0.4 is 5.48 Å². The Kier molecular flexibility index (Phi) is 4.87. The molecule has 2 N–H and O–H groups in total. The topological polar surface area (TPSA) is 52.6 Å². The molecule has 0 aliphatic carbocycles. The van der Waals surface area contributed by atoms with Crippen molar-refractivity contribution in [2.24, 2.45) is 5.92 Å². The number of carbonyl (C=O) groups excluding carboxylic acids is 1. The van der Waals surface area contributed by atoms with Crippen LogP contribution in [0.15, 0.2) is 41.8 Å². The van der Waals surface area contributed by atoms with Crippen molar-refractivity contribution in [3.05, 3.63) is 47.4 Å². The summed E-state index contributed by atoms with van der Waals surface area (Å²) in [4.78, 5) is 13.5. The predicted molar refractivity (Wildman–Crippen MR) is 88.9 cm³/mol. The van der Waals surface area contributed by atoms with Gasteiger partial charge in [0.1, 0.15) is 0 Å². The summed E-state index contributed by atoms with van der Waals surface area (Å²) >= 11 is 1.81. The minimum atomic E-state index is -0.452. The molecule has 4 nitrogen and oxygen atoms in total. The van der Waals surface area contributed by atoms with E-state index in [0.29, 0.717) is 5.92 Å². The van der Waals surface area contributed by atoms with Crippen molar-refractivity contribution in [3.8, 4) is 0 Å². The number of piperidine rings is 1. The summed E-state index contributed by atoms with van der Waals surface area (Å²) in [5.74, 6) is -0.0278. The van der Waals surface area contributed by atoms with Gasteiger partial charge in [-0.1, -0.05) is 24.3 Å². The Morgan fingerprint density at radius 3 is 2.91 bits per heavy atom. The summed E-state index contributed by atoms with van der Waals surface area (Å²) in [6.07, 6.45) is 5.43. The SMILES string of the molecule is O=C(/C=C/C1CCN(Cc2csc3ccccc23)CC1)NO. The highest BCUT2D eigenvalue weighted by atomic mass is 32.1. The number of fused-ring (bicyclic) bond motifs is 1. The van der Waals surface area contributed by atoms with Crippen LogP contribution in [0.3, 0.4) is 0 Å². The molecule has 1 aliphatic rings. The second kappa shape index (κ2) is 7.05. The van der Waals surface area contributed by atoms with Crippen LogP contribution in [0.4, 0.5) is 0 Å². The maximum atomic E-state index is 11.0. The number of carbonyl (C=O) groups is 1. The molecule has 0 atom stereocenters. The summed E-state index contributed by atoms with van der Waals surface area (Å²) in [6, 6.07) is 8.56. The molecule has 1 aromatic heterocycles. The van der Waals surface area contributed by atoms with Gasteiger partial charge in [-0.25, -0.2) is 5.48 Å². The molecular weight excluding hydrogens is 296 g/mol. The summed E-state index contributed by atoms with van der Waals surface area (Å²) in [5, 5.41) is 12.1. The van der Waals surface area contributed by atoms with E-state index in [1.54, 1.807) is 5.48 Å². The third kappa shape index (κ3) is 3.55. The van der Waals surface area contributed by atoms with Crippen molar-refractivity contribution in [1.29, 1.82) is 0 Å². The van der Waals surface area contributed by atoms with Crippen LogP contribution in [0.2, 0.25) is 0 Å². The van der Waals surface area contributed by atoms with Gasteiger partial charge >= 0.3 is 0 Å². The predicted octanol–water partition coefficient (Wildman–Crippen LogP) is 3.17. The Bertz CT molecular complexity index is 672. The van der Waals surface area contributed by atoms with Crippen molar-refractivity contribution in [2.75, 3.05) is 13.1 Å². The van der Waals surface area contributed by atoms with Crippen molar-refractivity contribution in [2.45, 2.75) is 19.4 Å². The van der Waals surface area contributed by atoms with Gasteiger partial charge in [-0.3, -0.25) is 14.9 Å². The first-order valence-electron chi connectivity index (χ1n) is 7.56. The fourth-order valence-electron chi connectivity index (χ4n) is 2.96. The second-order valence-corrected chi connectivity index (χ2v) is 6.62. The minimum absolute atomic E-state index is 0.424. The number of nitrogens with one attached hydrogen (secondary N) is 1. The van der Waals surface area contributed by atoms with Gasteiger partial charge < -0.3 is 0 Å². The van der Waals surface area contributed by atoms with E-state index < -0.39 is 5.91 Å². The second-order valence-electron chi connectivity index (χ2n) is 5.71. The molecule has 3 rings (SSSR count). The molecule has 0 radical (unpaired) electrons. The van der Waals surface area contributed by atoms with Crippen molar-refractivity contribution < 1.29 is 10.0 Å². The molecule has 5 heteroatoms. The van der Waals surface area contributed by atoms with Gasteiger partial charge in [-0.05, 0) is 54.2 Å². The molecule has 116 valence electrons. The van der Waals surface area contributed by atoms with E-state index in [-0.39, 0.29) is 0 Å². The molecule has 1 aliphatic heterocycles. The number of hydrogen-bond acceptors (Lipinski definition) is 4. The number of amides is 1. The van der Waals surface area contributed by atoms with Crippen LogP contribution in [0.1, 0.15) is 18.4 Å². The van der Waals surface area contributed by atoms with Crippen LogP contribution in [-0.2, 0) is 11.3 Å². The lowest BCUT2D eigenvalue weighted by Crippen LogP contribution is -2.32. The fourth-order valence-corrected chi connectivity index (χ4v) is 3.91. The van der Waals surface area contributed by atoms with Gasteiger partial charge in [-0.15, -0.1) is 11.3 Å². The standard InChI is InChI=1S/C17H20N2O2S/c20-17(18-21)6-5-13-7-9-19(10-8-13)11-14-12-22-16-4-2-1-3-15(14)16/h1-6,12-13,21H,7-11H2,(H,18,20)/b6-5+. The molecule has 22 heavy (non-hydrogen) atoms. The number of hydrogen-bond donors (Lipinski definition) is 2. The number of thiophene rings is 1. The van der Waals surface area contributed by atoms with Gasteiger partial charge in [0.25, 0.3) is 5.91 Å². The smallest absolute Gasteiger partial charge is 0.267 e. The van der Waals surface area contributed by atoms with Gasteiger partial charge in [0.2, 0.25) is 0 Å². The maximum Gasteiger partial charge on any atom is 0.267 e. The van der Waals surface area contributed by atoms with E-state index in [9.17, 15) is 4.79 Å². The first kappa shape index (κ1) is 15.2. The van der Waals surface area contributed by atoms with Crippen molar-refractivity contribution in [1.82, 2.24) is 10.4 Å². The van der Waals surface area contributed by atoms with E-state index in [1.807, 2.05) is 17.4 Å². The Balaban J connectivity index is 1.56. The molecule has 0 bridgehead atoms. The molecule has 2 heterocycles. The summed E-state index contributed by atoms with van der Waals surface area (Å²) < 4.78 is 1.35. The van der Waals surface area contributed by atoms with E-state index in [0.717, 1.165) is 32.5 Å². The van der Waals surface area contributed by atoms with E-state index in [4.69, 9.17) is 5.21 Å². The zero-order valence-corrected chi connectivity index (χ0v) is 13.2. The summed E-state index contributed by atoms with van der Waals surface area (Å²) in [7, 11) is 0. The summed E-state index contributed by atoms with van der Waals surface area (Å²) in [6.45, 7) is 3.08. The monoisotopic (exact) mass is 316 g/mol. The molecule has 2 aromatic rings. The molecule has 1 saturated heterocycles. The average molecular weight is 316 g/mol. The highest BCUT2D eigenvalue weighted by Gasteiger charge is 2.18. The zero-order valence-electron chi connectivity index (χ0n) is 12.4. The van der Waals surface area contributed by atoms with Crippen LogP contribution in [0.25, 0.3) is 10.1 Å². The Hall–Kier alpha value is -1.69. The molecule has 0 saturated carbocycles. The zero-order chi connectivity index (χ0) is 15.4.